The smallest absolute Gasteiger partial charge is 0.0979 e. The Morgan fingerprint density at radius 2 is 1.93 bits per heavy atom. The summed E-state index contributed by atoms with van der Waals surface area (Å²) < 4.78 is 7.05. The van der Waals surface area contributed by atoms with E-state index in [1.54, 1.807) is 0 Å². The van der Waals surface area contributed by atoms with Gasteiger partial charge in [0.05, 0.1) is 12.2 Å². The molecule has 15 heavy (non-hydrogen) atoms. The first kappa shape index (κ1) is 11.1. The molecule has 1 aromatic rings. The number of morpholine rings is 1. The van der Waals surface area contributed by atoms with Crippen molar-refractivity contribution < 1.29 is 4.74 Å². The first-order valence-electron chi connectivity index (χ1n) is 5.31. The Bertz CT molecular complexity index is 325. The molecule has 82 valence electrons. The van der Waals surface area contributed by atoms with Crippen LogP contribution in [0.3, 0.4) is 0 Å². The average molecular weight is 270 g/mol. The highest BCUT2D eigenvalue weighted by Crippen LogP contribution is 2.26. The Kier molecular flexibility index (Phi) is 3.44. The maximum atomic E-state index is 5.95. The van der Waals surface area contributed by atoms with Crippen LogP contribution in [0.2, 0.25) is 0 Å². The van der Waals surface area contributed by atoms with Gasteiger partial charge in [-0.05, 0) is 31.5 Å². The van der Waals surface area contributed by atoms with E-state index in [9.17, 15) is 0 Å². The van der Waals surface area contributed by atoms with Crippen LogP contribution in [-0.2, 0) is 4.74 Å². The number of hydrogen-bond acceptors (Lipinski definition) is 2. The number of halogens is 1. The van der Waals surface area contributed by atoms with Gasteiger partial charge in [-0.3, -0.25) is 0 Å². The van der Waals surface area contributed by atoms with Crippen LogP contribution in [0.25, 0.3) is 0 Å². The molecule has 0 aromatic heterocycles. The number of rotatable bonds is 1. The van der Waals surface area contributed by atoms with E-state index in [0.717, 1.165) is 11.0 Å². The summed E-state index contributed by atoms with van der Waals surface area (Å²) in [5, 5.41) is 3.46. The molecule has 1 heterocycles. The van der Waals surface area contributed by atoms with Crippen molar-refractivity contribution in [2.24, 2.45) is 0 Å². The van der Waals surface area contributed by atoms with Crippen LogP contribution >= 0.6 is 15.9 Å². The number of nitrogens with one attached hydrogen (secondary N) is 1. The van der Waals surface area contributed by atoms with Gasteiger partial charge in [-0.25, -0.2) is 0 Å². The summed E-state index contributed by atoms with van der Waals surface area (Å²) in [6.07, 6.45) is 0.455. The molecule has 1 aliphatic rings. The molecule has 2 rings (SSSR count). The molecule has 2 nitrogen and oxygen atoms in total. The second-order valence-corrected chi connectivity index (χ2v) is 5.03. The lowest BCUT2D eigenvalue weighted by molar-refractivity contribution is -0.0520. The van der Waals surface area contributed by atoms with Crippen LogP contribution in [0.15, 0.2) is 28.7 Å². The summed E-state index contributed by atoms with van der Waals surface area (Å²) in [5.41, 5.74) is 1.24. The molecule has 0 bridgehead atoms. The molecule has 0 saturated carbocycles. The third-order valence-electron chi connectivity index (χ3n) is 2.76. The highest BCUT2D eigenvalue weighted by molar-refractivity contribution is 9.10. The Hall–Kier alpha value is -0.380. The Morgan fingerprint density at radius 3 is 2.60 bits per heavy atom. The molecule has 1 N–H and O–H groups in total. The SMILES string of the molecule is CC1CNC(C)C(c2ccc(Br)cc2)O1. The van der Waals surface area contributed by atoms with Gasteiger partial charge in [-0.15, -0.1) is 0 Å². The van der Waals surface area contributed by atoms with E-state index in [1.807, 2.05) is 0 Å². The molecule has 1 saturated heterocycles. The predicted molar refractivity (Wildman–Crippen MR) is 64.9 cm³/mol. The molecule has 0 spiro atoms. The van der Waals surface area contributed by atoms with Crippen molar-refractivity contribution in [1.29, 1.82) is 0 Å². The van der Waals surface area contributed by atoms with Crippen LogP contribution in [-0.4, -0.2) is 18.7 Å². The maximum absolute atomic E-state index is 5.95. The van der Waals surface area contributed by atoms with Gasteiger partial charge >= 0.3 is 0 Å². The molecule has 1 aliphatic heterocycles. The summed E-state index contributed by atoms with van der Waals surface area (Å²) >= 11 is 3.44. The second kappa shape index (κ2) is 4.64. The van der Waals surface area contributed by atoms with Crippen LogP contribution in [0.4, 0.5) is 0 Å². The minimum atomic E-state index is 0.168. The number of hydrogen-bond donors (Lipinski definition) is 1. The molecular weight excluding hydrogens is 254 g/mol. The summed E-state index contributed by atoms with van der Waals surface area (Å²) in [6.45, 7) is 5.21. The standard InChI is InChI=1S/C12H16BrNO/c1-8-7-14-9(2)12(15-8)10-3-5-11(13)6-4-10/h3-6,8-9,12,14H,7H2,1-2H3. The van der Waals surface area contributed by atoms with Crippen molar-refractivity contribution in [3.63, 3.8) is 0 Å². The fourth-order valence-corrected chi connectivity index (χ4v) is 2.16. The van der Waals surface area contributed by atoms with E-state index in [4.69, 9.17) is 4.74 Å². The average Bonchev–Trinajstić information content (AvgIpc) is 2.23. The molecule has 0 amide bonds. The lowest BCUT2D eigenvalue weighted by Gasteiger charge is -2.34. The van der Waals surface area contributed by atoms with Crippen molar-refractivity contribution >= 4 is 15.9 Å². The van der Waals surface area contributed by atoms with Crippen molar-refractivity contribution in [3.05, 3.63) is 34.3 Å². The van der Waals surface area contributed by atoms with Crippen LogP contribution in [0, 0.1) is 0 Å². The van der Waals surface area contributed by atoms with Gasteiger partial charge < -0.3 is 10.1 Å². The van der Waals surface area contributed by atoms with Crippen molar-refractivity contribution in [1.82, 2.24) is 5.32 Å². The van der Waals surface area contributed by atoms with Crippen molar-refractivity contribution in [2.75, 3.05) is 6.54 Å². The van der Waals surface area contributed by atoms with Gasteiger partial charge in [-0.2, -0.15) is 0 Å². The van der Waals surface area contributed by atoms with Gasteiger partial charge in [0.2, 0.25) is 0 Å². The summed E-state index contributed by atoms with van der Waals surface area (Å²) in [5.74, 6) is 0. The zero-order valence-electron chi connectivity index (χ0n) is 9.03. The van der Waals surface area contributed by atoms with Gasteiger partial charge in [0, 0.05) is 17.1 Å². The fourth-order valence-electron chi connectivity index (χ4n) is 1.89. The van der Waals surface area contributed by atoms with Crippen LogP contribution in [0.1, 0.15) is 25.5 Å². The van der Waals surface area contributed by atoms with E-state index in [-0.39, 0.29) is 12.2 Å². The summed E-state index contributed by atoms with van der Waals surface area (Å²) in [6, 6.07) is 8.73. The predicted octanol–water partition coefficient (Wildman–Crippen LogP) is 2.89. The van der Waals surface area contributed by atoms with Crippen LogP contribution in [0.5, 0.6) is 0 Å². The first-order valence-corrected chi connectivity index (χ1v) is 6.10. The van der Waals surface area contributed by atoms with Crippen molar-refractivity contribution in [3.8, 4) is 0 Å². The van der Waals surface area contributed by atoms with E-state index < -0.39 is 0 Å². The fraction of sp³-hybridized carbons (Fsp3) is 0.500. The van der Waals surface area contributed by atoms with Crippen LogP contribution < -0.4 is 5.32 Å². The Balaban J connectivity index is 2.17. The van der Waals surface area contributed by atoms with E-state index in [2.05, 4.69) is 59.4 Å². The molecule has 3 unspecified atom stereocenters. The van der Waals surface area contributed by atoms with Crippen molar-refractivity contribution in [2.45, 2.75) is 32.1 Å². The number of benzene rings is 1. The third-order valence-corrected chi connectivity index (χ3v) is 3.29. The van der Waals surface area contributed by atoms with Gasteiger partial charge in [0.25, 0.3) is 0 Å². The first-order chi connectivity index (χ1) is 7.16. The summed E-state index contributed by atoms with van der Waals surface area (Å²) in [4.78, 5) is 0. The third kappa shape index (κ3) is 2.60. The van der Waals surface area contributed by atoms with Gasteiger partial charge in [0.1, 0.15) is 0 Å². The lowest BCUT2D eigenvalue weighted by Crippen LogP contribution is -2.45. The molecule has 3 heteroatoms. The quantitative estimate of drug-likeness (QED) is 0.847. The monoisotopic (exact) mass is 269 g/mol. The number of ether oxygens (including phenoxy) is 1. The maximum Gasteiger partial charge on any atom is 0.0979 e. The van der Waals surface area contributed by atoms with Gasteiger partial charge in [-0.1, -0.05) is 28.1 Å². The molecule has 0 aliphatic carbocycles. The highest BCUT2D eigenvalue weighted by Gasteiger charge is 2.26. The van der Waals surface area contributed by atoms with E-state index in [1.165, 1.54) is 5.56 Å². The summed E-state index contributed by atoms with van der Waals surface area (Å²) in [7, 11) is 0. The molecular formula is C12H16BrNO. The molecule has 1 aromatic carbocycles. The Labute approximate surface area is 99.1 Å². The second-order valence-electron chi connectivity index (χ2n) is 4.12. The minimum absolute atomic E-state index is 0.168. The van der Waals surface area contributed by atoms with Gasteiger partial charge in [0.15, 0.2) is 0 Å². The topological polar surface area (TPSA) is 21.3 Å². The normalized spacial score (nSPS) is 31.5. The minimum Gasteiger partial charge on any atom is -0.368 e. The zero-order chi connectivity index (χ0) is 10.8. The molecule has 0 radical (unpaired) electrons. The molecule has 3 atom stereocenters. The zero-order valence-corrected chi connectivity index (χ0v) is 10.6. The lowest BCUT2D eigenvalue weighted by atomic mass is 10.0. The van der Waals surface area contributed by atoms with E-state index in [0.29, 0.717) is 6.04 Å². The van der Waals surface area contributed by atoms with E-state index >= 15 is 0 Å². The Morgan fingerprint density at radius 1 is 1.27 bits per heavy atom. The largest absolute Gasteiger partial charge is 0.368 e. The highest BCUT2D eigenvalue weighted by atomic mass is 79.9. The molecule has 1 fully saturated rings.